The Labute approximate surface area is 87.5 Å². The maximum absolute atomic E-state index is 11.3. The first-order valence-corrected chi connectivity index (χ1v) is 4.89. The Bertz CT molecular complexity index is 225. The van der Waals surface area contributed by atoms with Crippen molar-refractivity contribution in [3.05, 3.63) is 0 Å². The van der Waals surface area contributed by atoms with Crippen molar-refractivity contribution in [3.63, 3.8) is 0 Å². The number of carboxylic acids is 1. The zero-order valence-electron chi connectivity index (χ0n) is 8.40. The van der Waals surface area contributed by atoms with Crippen LogP contribution in [0.5, 0.6) is 0 Å². The Balaban J connectivity index is 1.99. The molecule has 1 atom stereocenters. The van der Waals surface area contributed by atoms with E-state index >= 15 is 0 Å². The summed E-state index contributed by atoms with van der Waals surface area (Å²) in [6.07, 6.45) is 1.32. The molecule has 1 amide bonds. The van der Waals surface area contributed by atoms with Crippen LogP contribution < -0.4 is 5.32 Å². The van der Waals surface area contributed by atoms with Crippen LogP contribution in [0.15, 0.2) is 0 Å². The van der Waals surface area contributed by atoms with Crippen LogP contribution >= 0.6 is 0 Å². The summed E-state index contributed by atoms with van der Waals surface area (Å²) in [6, 6.07) is 0. The molecule has 0 aliphatic carbocycles. The van der Waals surface area contributed by atoms with Gasteiger partial charge < -0.3 is 19.9 Å². The van der Waals surface area contributed by atoms with Gasteiger partial charge >= 0.3 is 5.97 Å². The average molecular weight is 217 g/mol. The van der Waals surface area contributed by atoms with Gasteiger partial charge in [0.1, 0.15) is 12.7 Å². The normalized spacial score (nSPS) is 20.1. The second-order valence-corrected chi connectivity index (χ2v) is 3.24. The number of ether oxygens (including phenoxy) is 2. The van der Waals surface area contributed by atoms with Gasteiger partial charge in [0.25, 0.3) is 0 Å². The molecular formula is C9H15NO5. The molecule has 6 nitrogen and oxygen atoms in total. The standard InChI is InChI=1S/C9H15NO5/c11-8(12)6-14-5-3-10-9(13)7-2-1-4-15-7/h7H,1-6H2,(H,10,13)(H,11,12). The van der Waals surface area contributed by atoms with Crippen LogP contribution in [0.25, 0.3) is 0 Å². The van der Waals surface area contributed by atoms with Gasteiger partial charge in [-0.3, -0.25) is 4.79 Å². The number of carboxylic acid groups (broad SMARTS) is 1. The molecule has 0 spiro atoms. The topological polar surface area (TPSA) is 84.9 Å². The van der Waals surface area contributed by atoms with E-state index in [1.807, 2.05) is 0 Å². The summed E-state index contributed by atoms with van der Waals surface area (Å²) in [6.45, 7) is 0.806. The van der Waals surface area contributed by atoms with Gasteiger partial charge in [-0.25, -0.2) is 4.79 Å². The third-order valence-electron chi connectivity index (χ3n) is 1.99. The fourth-order valence-electron chi connectivity index (χ4n) is 1.30. The highest BCUT2D eigenvalue weighted by molar-refractivity contribution is 5.80. The van der Waals surface area contributed by atoms with Crippen LogP contribution in [-0.2, 0) is 19.1 Å². The molecule has 0 bridgehead atoms. The molecule has 0 aromatic rings. The van der Waals surface area contributed by atoms with Crippen LogP contribution in [0.4, 0.5) is 0 Å². The molecule has 1 unspecified atom stereocenters. The van der Waals surface area contributed by atoms with Gasteiger partial charge in [-0.1, -0.05) is 0 Å². The summed E-state index contributed by atoms with van der Waals surface area (Å²) < 4.78 is 9.92. The van der Waals surface area contributed by atoms with E-state index in [-0.39, 0.29) is 25.2 Å². The van der Waals surface area contributed by atoms with Crippen LogP contribution in [0.1, 0.15) is 12.8 Å². The van der Waals surface area contributed by atoms with Crippen molar-refractivity contribution >= 4 is 11.9 Å². The van der Waals surface area contributed by atoms with E-state index in [0.29, 0.717) is 13.2 Å². The van der Waals surface area contributed by atoms with Crippen LogP contribution in [0, 0.1) is 0 Å². The van der Waals surface area contributed by atoms with E-state index in [1.165, 1.54) is 0 Å². The van der Waals surface area contributed by atoms with Crippen molar-refractivity contribution in [2.24, 2.45) is 0 Å². The third kappa shape index (κ3) is 4.75. The Morgan fingerprint density at radius 3 is 2.93 bits per heavy atom. The van der Waals surface area contributed by atoms with E-state index in [2.05, 4.69) is 5.32 Å². The highest BCUT2D eigenvalue weighted by Gasteiger charge is 2.22. The molecule has 0 aromatic heterocycles. The summed E-state index contributed by atoms with van der Waals surface area (Å²) >= 11 is 0. The monoisotopic (exact) mass is 217 g/mol. The smallest absolute Gasteiger partial charge is 0.329 e. The lowest BCUT2D eigenvalue weighted by atomic mass is 10.2. The van der Waals surface area contributed by atoms with Gasteiger partial charge in [0, 0.05) is 13.2 Å². The number of amides is 1. The molecular weight excluding hydrogens is 202 g/mol. The molecule has 86 valence electrons. The largest absolute Gasteiger partial charge is 0.480 e. The van der Waals surface area contributed by atoms with E-state index < -0.39 is 5.97 Å². The summed E-state index contributed by atoms with van der Waals surface area (Å²) in [5.41, 5.74) is 0. The minimum Gasteiger partial charge on any atom is -0.480 e. The SMILES string of the molecule is O=C(O)COCCNC(=O)C1CCCO1. The predicted molar refractivity (Wildman–Crippen MR) is 50.4 cm³/mol. The van der Waals surface area contributed by atoms with Gasteiger partial charge in [-0.15, -0.1) is 0 Å². The van der Waals surface area contributed by atoms with Gasteiger partial charge in [0.05, 0.1) is 6.61 Å². The first kappa shape index (κ1) is 11.9. The molecule has 1 saturated heterocycles. The lowest BCUT2D eigenvalue weighted by Gasteiger charge is -2.09. The number of carbonyl (C=O) groups excluding carboxylic acids is 1. The Morgan fingerprint density at radius 2 is 2.33 bits per heavy atom. The van der Waals surface area contributed by atoms with Gasteiger partial charge in [-0.2, -0.15) is 0 Å². The highest BCUT2D eigenvalue weighted by Crippen LogP contribution is 2.11. The Hall–Kier alpha value is -1.14. The number of rotatable bonds is 6. The molecule has 1 fully saturated rings. The lowest BCUT2D eigenvalue weighted by molar-refractivity contribution is -0.142. The molecule has 1 aliphatic rings. The Morgan fingerprint density at radius 1 is 1.53 bits per heavy atom. The minimum absolute atomic E-state index is 0.147. The number of aliphatic carboxylic acids is 1. The maximum Gasteiger partial charge on any atom is 0.329 e. The fraction of sp³-hybridized carbons (Fsp3) is 0.778. The molecule has 1 aliphatic heterocycles. The van der Waals surface area contributed by atoms with Crippen LogP contribution in [0.2, 0.25) is 0 Å². The van der Waals surface area contributed by atoms with Crippen molar-refractivity contribution in [3.8, 4) is 0 Å². The molecule has 0 aromatic carbocycles. The highest BCUT2D eigenvalue weighted by atomic mass is 16.5. The van der Waals surface area contributed by atoms with E-state index in [9.17, 15) is 9.59 Å². The van der Waals surface area contributed by atoms with E-state index in [4.69, 9.17) is 14.6 Å². The van der Waals surface area contributed by atoms with Crippen LogP contribution in [-0.4, -0.2) is 49.5 Å². The second kappa shape index (κ2) is 6.36. The fourth-order valence-corrected chi connectivity index (χ4v) is 1.30. The molecule has 0 saturated carbocycles. The van der Waals surface area contributed by atoms with Gasteiger partial charge in [0.15, 0.2) is 0 Å². The van der Waals surface area contributed by atoms with Crippen molar-refractivity contribution in [2.45, 2.75) is 18.9 Å². The number of hydrogen-bond donors (Lipinski definition) is 2. The minimum atomic E-state index is -1.01. The molecule has 15 heavy (non-hydrogen) atoms. The third-order valence-corrected chi connectivity index (χ3v) is 1.99. The van der Waals surface area contributed by atoms with Gasteiger partial charge in [0.2, 0.25) is 5.91 Å². The van der Waals surface area contributed by atoms with E-state index in [1.54, 1.807) is 0 Å². The average Bonchev–Trinajstić information content (AvgIpc) is 2.69. The summed E-state index contributed by atoms with van der Waals surface area (Å²) in [5.74, 6) is -1.16. The van der Waals surface area contributed by atoms with Crippen molar-refractivity contribution in [1.82, 2.24) is 5.32 Å². The quantitative estimate of drug-likeness (QED) is 0.579. The van der Waals surface area contributed by atoms with Crippen molar-refractivity contribution in [2.75, 3.05) is 26.4 Å². The van der Waals surface area contributed by atoms with Crippen molar-refractivity contribution in [1.29, 1.82) is 0 Å². The lowest BCUT2D eigenvalue weighted by Crippen LogP contribution is -2.36. The molecule has 0 radical (unpaired) electrons. The Kier molecular flexibility index (Phi) is 5.06. The molecule has 2 N–H and O–H groups in total. The van der Waals surface area contributed by atoms with Gasteiger partial charge in [-0.05, 0) is 12.8 Å². The number of carbonyl (C=O) groups is 2. The molecule has 1 rings (SSSR count). The molecule has 6 heteroatoms. The first-order valence-electron chi connectivity index (χ1n) is 4.89. The second-order valence-electron chi connectivity index (χ2n) is 3.24. The first-order chi connectivity index (χ1) is 7.20. The number of nitrogens with one attached hydrogen (secondary N) is 1. The van der Waals surface area contributed by atoms with Crippen molar-refractivity contribution < 1.29 is 24.2 Å². The predicted octanol–water partition coefficient (Wildman–Crippen LogP) is -0.617. The maximum atomic E-state index is 11.3. The summed E-state index contributed by atoms with van der Waals surface area (Å²) in [5, 5.41) is 10.9. The summed E-state index contributed by atoms with van der Waals surface area (Å²) in [7, 11) is 0. The zero-order valence-corrected chi connectivity index (χ0v) is 8.40. The summed E-state index contributed by atoms with van der Waals surface area (Å²) in [4.78, 5) is 21.4. The van der Waals surface area contributed by atoms with E-state index in [0.717, 1.165) is 12.8 Å². The zero-order chi connectivity index (χ0) is 11.1. The molecule has 1 heterocycles. The van der Waals surface area contributed by atoms with Crippen LogP contribution in [0.3, 0.4) is 0 Å². The number of hydrogen-bond acceptors (Lipinski definition) is 4.